The van der Waals surface area contributed by atoms with Crippen LogP contribution < -0.4 is 11.1 Å². The maximum Gasteiger partial charge on any atom is 0.244 e. The van der Waals surface area contributed by atoms with Crippen LogP contribution in [0.15, 0.2) is 24.3 Å². The molecule has 2 amide bonds. The number of nitrogens with one attached hydrogen (secondary N) is 1. The second kappa shape index (κ2) is 5.24. The van der Waals surface area contributed by atoms with Crippen molar-refractivity contribution in [1.82, 2.24) is 5.32 Å². The molecule has 0 spiro atoms. The highest BCUT2D eigenvalue weighted by Crippen LogP contribution is 2.33. The van der Waals surface area contributed by atoms with E-state index in [9.17, 15) is 24.1 Å². The van der Waals surface area contributed by atoms with Crippen molar-refractivity contribution >= 4 is 11.8 Å². The van der Waals surface area contributed by atoms with E-state index in [1.165, 1.54) is 18.2 Å². The number of carbonyl (C=O) groups is 2. The Morgan fingerprint density at radius 2 is 2.10 bits per heavy atom. The number of hydrogen-bond donors (Lipinski definition) is 2. The number of nitro groups is 1. The fraction of sp³-hybridized carbons (Fsp3) is 0.333. The summed E-state index contributed by atoms with van der Waals surface area (Å²) in [4.78, 5) is 33.1. The van der Waals surface area contributed by atoms with Crippen LogP contribution in [0.3, 0.4) is 0 Å². The van der Waals surface area contributed by atoms with Crippen LogP contribution >= 0.6 is 0 Å². The quantitative estimate of drug-likeness (QED) is 0.589. The molecule has 7 nitrogen and oxygen atoms in total. The largest absolute Gasteiger partial charge is 0.368 e. The fourth-order valence-corrected chi connectivity index (χ4v) is 1.96. The first-order chi connectivity index (χ1) is 9.41. The van der Waals surface area contributed by atoms with E-state index in [1.807, 2.05) is 0 Å². The number of nitrogens with zero attached hydrogens (tertiary/aromatic N) is 1. The summed E-state index contributed by atoms with van der Waals surface area (Å²) >= 11 is 0. The predicted molar refractivity (Wildman–Crippen MR) is 65.4 cm³/mol. The third kappa shape index (κ3) is 2.73. The van der Waals surface area contributed by atoms with Crippen LogP contribution in [-0.2, 0) is 9.59 Å². The topological polar surface area (TPSA) is 115 Å². The van der Waals surface area contributed by atoms with Gasteiger partial charge in [-0.1, -0.05) is 18.2 Å². The minimum Gasteiger partial charge on any atom is -0.368 e. The lowest BCUT2D eigenvalue weighted by Crippen LogP contribution is -2.39. The van der Waals surface area contributed by atoms with Gasteiger partial charge in [0.15, 0.2) is 0 Å². The minimum atomic E-state index is -1.34. The van der Waals surface area contributed by atoms with Crippen LogP contribution in [0.5, 0.6) is 0 Å². The lowest BCUT2D eigenvalue weighted by molar-refractivity contribution is -0.497. The van der Waals surface area contributed by atoms with Gasteiger partial charge in [0, 0.05) is 16.9 Å². The molecule has 3 atom stereocenters. The Balaban J connectivity index is 2.12. The van der Waals surface area contributed by atoms with Gasteiger partial charge in [-0.3, -0.25) is 19.7 Å². The first-order valence-corrected chi connectivity index (χ1v) is 5.89. The number of benzene rings is 1. The average molecular weight is 281 g/mol. The van der Waals surface area contributed by atoms with Gasteiger partial charge in [-0.25, -0.2) is 4.39 Å². The van der Waals surface area contributed by atoms with E-state index in [0.717, 1.165) is 6.07 Å². The van der Waals surface area contributed by atoms with Gasteiger partial charge in [-0.2, -0.15) is 0 Å². The molecular weight excluding hydrogens is 269 g/mol. The summed E-state index contributed by atoms with van der Waals surface area (Å²) in [6.45, 7) is 0. The van der Waals surface area contributed by atoms with Crippen LogP contribution in [0.25, 0.3) is 0 Å². The van der Waals surface area contributed by atoms with Crippen molar-refractivity contribution in [3.63, 3.8) is 0 Å². The van der Waals surface area contributed by atoms with E-state index in [0.29, 0.717) is 0 Å². The van der Waals surface area contributed by atoms with Gasteiger partial charge in [0.1, 0.15) is 17.8 Å². The first-order valence-electron chi connectivity index (χ1n) is 5.89. The molecule has 1 aromatic carbocycles. The predicted octanol–water partition coefficient (Wildman–Crippen LogP) is 0.134. The van der Waals surface area contributed by atoms with Crippen LogP contribution in [-0.4, -0.2) is 22.8 Å². The summed E-state index contributed by atoms with van der Waals surface area (Å²) in [5, 5.41) is 12.8. The summed E-state index contributed by atoms with van der Waals surface area (Å²) in [7, 11) is 0. The Morgan fingerprint density at radius 1 is 1.45 bits per heavy atom. The van der Waals surface area contributed by atoms with Gasteiger partial charge < -0.3 is 11.1 Å². The molecular formula is C12H12FN3O4. The van der Waals surface area contributed by atoms with Crippen LogP contribution in [0, 0.1) is 21.8 Å². The second-order valence-corrected chi connectivity index (χ2v) is 4.56. The summed E-state index contributed by atoms with van der Waals surface area (Å²) in [6.07, 6.45) is 0.113. The maximum atomic E-state index is 13.6. The molecule has 0 heterocycles. The summed E-state index contributed by atoms with van der Waals surface area (Å²) < 4.78 is 13.6. The number of hydrogen-bond acceptors (Lipinski definition) is 4. The van der Waals surface area contributed by atoms with Gasteiger partial charge in [-0.15, -0.1) is 0 Å². The zero-order chi connectivity index (χ0) is 14.9. The van der Waals surface area contributed by atoms with Crippen molar-refractivity contribution in [2.24, 2.45) is 11.7 Å². The minimum absolute atomic E-state index is 0.0633. The van der Waals surface area contributed by atoms with E-state index in [2.05, 4.69) is 5.32 Å². The number of nitrogens with two attached hydrogens (primary N) is 1. The third-order valence-corrected chi connectivity index (χ3v) is 3.15. The molecule has 0 bridgehead atoms. The summed E-state index contributed by atoms with van der Waals surface area (Å²) in [6, 6.07) is 3.11. The number of rotatable bonds is 5. The molecule has 0 unspecified atom stereocenters. The standard InChI is InChI=1S/C12H12FN3O4/c13-8-4-2-1-3-6(8)10(11(14)17)15-12(18)7-5-9(7)16(19)20/h1-4,7,9-10H,5H2,(H2,14,17)(H,15,18)/t7-,9-,10+/m0/s1. The molecule has 8 heteroatoms. The molecule has 1 aliphatic rings. The lowest BCUT2D eigenvalue weighted by Gasteiger charge is -2.16. The third-order valence-electron chi connectivity index (χ3n) is 3.15. The first kappa shape index (κ1) is 13.9. The molecule has 1 saturated carbocycles. The zero-order valence-corrected chi connectivity index (χ0v) is 10.3. The Morgan fingerprint density at radius 3 is 2.60 bits per heavy atom. The van der Waals surface area contributed by atoms with Crippen molar-refractivity contribution in [2.75, 3.05) is 0 Å². The van der Waals surface area contributed by atoms with Gasteiger partial charge >= 0.3 is 0 Å². The number of primary amides is 1. The highest BCUT2D eigenvalue weighted by atomic mass is 19.1. The zero-order valence-electron chi connectivity index (χ0n) is 10.3. The van der Waals surface area contributed by atoms with Gasteiger partial charge in [0.2, 0.25) is 17.9 Å². The molecule has 0 radical (unpaired) electrons. The highest BCUT2D eigenvalue weighted by Gasteiger charge is 2.53. The Bertz CT molecular complexity index is 578. The molecule has 2 rings (SSSR count). The molecule has 0 aromatic heterocycles. The Kier molecular flexibility index (Phi) is 3.64. The van der Waals surface area contributed by atoms with Crippen molar-refractivity contribution < 1.29 is 18.9 Å². The Hall–Kier alpha value is -2.51. The van der Waals surface area contributed by atoms with E-state index in [4.69, 9.17) is 5.73 Å². The summed E-state index contributed by atoms with van der Waals surface area (Å²) in [5.74, 6) is -3.07. The van der Waals surface area contributed by atoms with Crippen molar-refractivity contribution in [3.05, 3.63) is 45.8 Å². The molecule has 3 N–H and O–H groups in total. The van der Waals surface area contributed by atoms with Crippen molar-refractivity contribution in [2.45, 2.75) is 18.5 Å². The molecule has 1 aromatic rings. The van der Waals surface area contributed by atoms with E-state index in [-0.39, 0.29) is 12.0 Å². The van der Waals surface area contributed by atoms with Crippen molar-refractivity contribution in [1.29, 1.82) is 0 Å². The molecule has 1 aliphatic carbocycles. The molecule has 1 fully saturated rings. The number of amides is 2. The monoisotopic (exact) mass is 281 g/mol. The number of halogens is 1. The molecule has 0 saturated heterocycles. The van der Waals surface area contributed by atoms with Crippen LogP contribution in [0.4, 0.5) is 4.39 Å². The lowest BCUT2D eigenvalue weighted by atomic mass is 10.1. The average Bonchev–Trinajstić information content (AvgIpc) is 3.16. The van der Waals surface area contributed by atoms with Crippen molar-refractivity contribution in [3.8, 4) is 0 Å². The molecule has 106 valence electrons. The Labute approximate surface area is 113 Å². The van der Waals surface area contributed by atoms with Gasteiger partial charge in [0.05, 0.1) is 0 Å². The van der Waals surface area contributed by atoms with E-state index < -0.39 is 40.6 Å². The van der Waals surface area contributed by atoms with Crippen LogP contribution in [0.2, 0.25) is 0 Å². The fourth-order valence-electron chi connectivity index (χ4n) is 1.96. The summed E-state index contributed by atoms with van der Waals surface area (Å²) in [5.41, 5.74) is 5.08. The smallest absolute Gasteiger partial charge is 0.244 e. The molecule has 20 heavy (non-hydrogen) atoms. The van der Waals surface area contributed by atoms with Gasteiger partial charge in [-0.05, 0) is 6.07 Å². The maximum absolute atomic E-state index is 13.6. The van der Waals surface area contributed by atoms with Crippen LogP contribution in [0.1, 0.15) is 18.0 Å². The normalized spacial score (nSPS) is 21.9. The highest BCUT2D eigenvalue weighted by molar-refractivity contribution is 5.89. The van der Waals surface area contributed by atoms with E-state index in [1.54, 1.807) is 0 Å². The van der Waals surface area contributed by atoms with E-state index >= 15 is 0 Å². The number of carbonyl (C=O) groups excluding carboxylic acids is 2. The molecule has 0 aliphatic heterocycles. The second-order valence-electron chi connectivity index (χ2n) is 4.56. The SMILES string of the molecule is NC(=O)[C@H](NC(=O)[C@H]1C[C@@H]1[N+](=O)[O-])c1ccccc1F. The van der Waals surface area contributed by atoms with Gasteiger partial charge in [0.25, 0.3) is 0 Å².